The Bertz CT molecular complexity index is 486. The van der Waals surface area contributed by atoms with Crippen LogP contribution in [0, 0.1) is 12.8 Å². The van der Waals surface area contributed by atoms with Crippen LogP contribution in [0.2, 0.25) is 0 Å². The largest absolute Gasteiger partial charge is 0.490 e. The third-order valence-corrected chi connectivity index (χ3v) is 4.61. The fourth-order valence-electron chi connectivity index (χ4n) is 3.15. The standard InChI is InChI=1S/C18H25NO3/c1-14-2-4-16(5-3-14)22-17-6-9-19(10-7-17)18(20)12-15-8-11-21-13-15/h2-5,15,17H,6-13H2,1H3/t15-/m0/s1. The van der Waals surface area contributed by atoms with Crippen molar-refractivity contribution in [1.29, 1.82) is 0 Å². The number of rotatable bonds is 4. The van der Waals surface area contributed by atoms with Gasteiger partial charge in [-0.2, -0.15) is 0 Å². The number of amides is 1. The Kier molecular flexibility index (Phi) is 4.98. The number of benzene rings is 1. The molecule has 120 valence electrons. The highest BCUT2D eigenvalue weighted by atomic mass is 16.5. The van der Waals surface area contributed by atoms with Gasteiger partial charge in [0, 0.05) is 45.6 Å². The monoisotopic (exact) mass is 303 g/mol. The summed E-state index contributed by atoms with van der Waals surface area (Å²) in [5.41, 5.74) is 1.24. The molecule has 0 radical (unpaired) electrons. The lowest BCUT2D eigenvalue weighted by Crippen LogP contribution is -2.42. The smallest absolute Gasteiger partial charge is 0.222 e. The van der Waals surface area contributed by atoms with Gasteiger partial charge in [-0.3, -0.25) is 4.79 Å². The first-order valence-corrected chi connectivity index (χ1v) is 8.29. The zero-order valence-electron chi connectivity index (χ0n) is 13.3. The quantitative estimate of drug-likeness (QED) is 0.858. The van der Waals surface area contributed by atoms with Crippen LogP contribution in [0.25, 0.3) is 0 Å². The average molecular weight is 303 g/mol. The maximum Gasteiger partial charge on any atom is 0.222 e. The summed E-state index contributed by atoms with van der Waals surface area (Å²) in [6, 6.07) is 8.18. The van der Waals surface area contributed by atoms with Gasteiger partial charge in [0.15, 0.2) is 0 Å². The summed E-state index contributed by atoms with van der Waals surface area (Å²) in [5, 5.41) is 0. The molecule has 2 saturated heterocycles. The number of hydrogen-bond acceptors (Lipinski definition) is 3. The molecule has 1 aromatic rings. The maximum atomic E-state index is 12.3. The molecule has 3 rings (SSSR count). The highest BCUT2D eigenvalue weighted by molar-refractivity contribution is 5.76. The Morgan fingerprint density at radius 3 is 2.59 bits per heavy atom. The summed E-state index contributed by atoms with van der Waals surface area (Å²) in [4.78, 5) is 14.3. The van der Waals surface area contributed by atoms with Gasteiger partial charge in [0.1, 0.15) is 11.9 Å². The Morgan fingerprint density at radius 2 is 1.95 bits per heavy atom. The van der Waals surface area contributed by atoms with E-state index in [0.29, 0.717) is 12.3 Å². The molecule has 2 fully saturated rings. The van der Waals surface area contributed by atoms with Crippen LogP contribution in [-0.4, -0.2) is 43.2 Å². The molecule has 0 N–H and O–H groups in total. The molecule has 4 heteroatoms. The molecule has 0 saturated carbocycles. The molecule has 2 heterocycles. The lowest BCUT2D eigenvalue weighted by Gasteiger charge is -2.32. The molecule has 4 nitrogen and oxygen atoms in total. The molecule has 1 atom stereocenters. The molecule has 22 heavy (non-hydrogen) atoms. The minimum atomic E-state index is 0.224. The molecular weight excluding hydrogens is 278 g/mol. The van der Waals surface area contributed by atoms with Crippen molar-refractivity contribution in [1.82, 2.24) is 4.90 Å². The molecule has 0 bridgehead atoms. The topological polar surface area (TPSA) is 38.8 Å². The molecule has 0 aliphatic carbocycles. The Hall–Kier alpha value is -1.55. The highest BCUT2D eigenvalue weighted by Gasteiger charge is 2.27. The number of likely N-dealkylation sites (tertiary alicyclic amines) is 1. The third-order valence-electron chi connectivity index (χ3n) is 4.61. The second-order valence-corrected chi connectivity index (χ2v) is 6.44. The second kappa shape index (κ2) is 7.14. The number of hydrogen-bond donors (Lipinski definition) is 0. The van der Waals surface area contributed by atoms with E-state index in [0.717, 1.165) is 51.3 Å². The van der Waals surface area contributed by atoms with Crippen molar-refractivity contribution in [3.8, 4) is 5.75 Å². The van der Waals surface area contributed by atoms with Gasteiger partial charge in [0.2, 0.25) is 5.91 Å². The van der Waals surface area contributed by atoms with Crippen LogP contribution in [0.1, 0.15) is 31.2 Å². The number of ether oxygens (including phenoxy) is 2. The van der Waals surface area contributed by atoms with Crippen LogP contribution < -0.4 is 4.74 Å². The van der Waals surface area contributed by atoms with Crippen molar-refractivity contribution in [2.75, 3.05) is 26.3 Å². The number of carbonyl (C=O) groups is 1. The minimum Gasteiger partial charge on any atom is -0.490 e. The zero-order valence-corrected chi connectivity index (χ0v) is 13.3. The first kappa shape index (κ1) is 15.3. The van der Waals surface area contributed by atoms with Crippen molar-refractivity contribution in [3.63, 3.8) is 0 Å². The van der Waals surface area contributed by atoms with E-state index in [1.807, 2.05) is 17.0 Å². The van der Waals surface area contributed by atoms with Gasteiger partial charge in [-0.1, -0.05) is 17.7 Å². The van der Waals surface area contributed by atoms with Gasteiger partial charge >= 0.3 is 0 Å². The number of aryl methyl sites for hydroxylation is 1. The molecular formula is C18H25NO3. The van der Waals surface area contributed by atoms with Crippen LogP contribution in [-0.2, 0) is 9.53 Å². The summed E-state index contributed by atoms with van der Waals surface area (Å²) in [7, 11) is 0. The van der Waals surface area contributed by atoms with Gasteiger partial charge < -0.3 is 14.4 Å². The van der Waals surface area contributed by atoms with Gasteiger partial charge in [-0.15, -0.1) is 0 Å². The van der Waals surface area contributed by atoms with Crippen LogP contribution in [0.5, 0.6) is 5.75 Å². The first-order valence-electron chi connectivity index (χ1n) is 8.29. The van der Waals surface area contributed by atoms with Crippen LogP contribution in [0.15, 0.2) is 24.3 Å². The molecule has 1 amide bonds. The zero-order chi connectivity index (χ0) is 15.4. The third kappa shape index (κ3) is 4.01. The Morgan fingerprint density at radius 1 is 1.23 bits per heavy atom. The van der Waals surface area contributed by atoms with Gasteiger partial charge in [0.25, 0.3) is 0 Å². The van der Waals surface area contributed by atoms with Crippen molar-refractivity contribution in [3.05, 3.63) is 29.8 Å². The van der Waals surface area contributed by atoms with Crippen molar-refractivity contribution in [2.24, 2.45) is 5.92 Å². The van der Waals surface area contributed by atoms with E-state index >= 15 is 0 Å². The summed E-state index contributed by atoms with van der Waals surface area (Å²) >= 11 is 0. The van der Waals surface area contributed by atoms with E-state index in [-0.39, 0.29) is 12.0 Å². The maximum absolute atomic E-state index is 12.3. The van der Waals surface area contributed by atoms with E-state index in [1.165, 1.54) is 5.56 Å². The lowest BCUT2D eigenvalue weighted by molar-refractivity contribution is -0.134. The average Bonchev–Trinajstić information content (AvgIpc) is 3.03. The normalized spacial score (nSPS) is 22.8. The predicted molar refractivity (Wildman–Crippen MR) is 85.0 cm³/mol. The molecule has 1 aromatic carbocycles. The second-order valence-electron chi connectivity index (χ2n) is 6.44. The van der Waals surface area contributed by atoms with E-state index in [9.17, 15) is 4.79 Å². The molecule has 0 unspecified atom stereocenters. The fourth-order valence-corrected chi connectivity index (χ4v) is 3.15. The highest BCUT2D eigenvalue weighted by Crippen LogP contribution is 2.22. The minimum absolute atomic E-state index is 0.224. The predicted octanol–water partition coefficient (Wildman–Crippen LogP) is 2.79. The molecule has 0 aromatic heterocycles. The fraction of sp³-hybridized carbons (Fsp3) is 0.611. The number of carbonyl (C=O) groups excluding carboxylic acids is 1. The Labute approximate surface area is 132 Å². The van der Waals surface area contributed by atoms with Gasteiger partial charge in [0.05, 0.1) is 0 Å². The molecule has 2 aliphatic heterocycles. The molecule has 0 spiro atoms. The SMILES string of the molecule is Cc1ccc(OC2CCN(C(=O)C[C@@H]3CCOC3)CC2)cc1. The van der Waals surface area contributed by atoms with Crippen molar-refractivity contribution in [2.45, 2.75) is 38.7 Å². The van der Waals surface area contributed by atoms with Crippen LogP contribution in [0.4, 0.5) is 0 Å². The van der Waals surface area contributed by atoms with Gasteiger partial charge in [-0.25, -0.2) is 0 Å². The van der Waals surface area contributed by atoms with Crippen molar-refractivity contribution < 1.29 is 14.3 Å². The first-order chi connectivity index (χ1) is 10.7. The van der Waals surface area contributed by atoms with Crippen molar-refractivity contribution >= 4 is 5.91 Å². The van der Waals surface area contributed by atoms with Crippen LogP contribution in [0.3, 0.4) is 0 Å². The lowest BCUT2D eigenvalue weighted by atomic mass is 10.0. The Balaban J connectivity index is 1.43. The molecule has 2 aliphatic rings. The van der Waals surface area contributed by atoms with E-state index in [2.05, 4.69) is 19.1 Å². The number of piperidine rings is 1. The van der Waals surface area contributed by atoms with E-state index < -0.39 is 0 Å². The van der Waals surface area contributed by atoms with Gasteiger partial charge in [-0.05, 0) is 31.4 Å². The summed E-state index contributed by atoms with van der Waals surface area (Å²) in [6.07, 6.45) is 3.73. The van der Waals surface area contributed by atoms with E-state index in [4.69, 9.17) is 9.47 Å². The summed E-state index contributed by atoms with van der Waals surface area (Å²) in [5.74, 6) is 1.64. The summed E-state index contributed by atoms with van der Waals surface area (Å²) < 4.78 is 11.4. The number of nitrogens with zero attached hydrogens (tertiary/aromatic N) is 1. The summed E-state index contributed by atoms with van der Waals surface area (Å²) in [6.45, 7) is 5.25. The van der Waals surface area contributed by atoms with E-state index in [1.54, 1.807) is 0 Å². The van der Waals surface area contributed by atoms with Crippen LogP contribution >= 0.6 is 0 Å².